The van der Waals surface area contributed by atoms with Crippen LogP contribution >= 0.6 is 11.3 Å². The minimum atomic E-state index is -3.86. The molecule has 0 saturated carbocycles. The number of sulfonamides is 1. The van der Waals surface area contributed by atoms with Crippen molar-refractivity contribution in [3.8, 4) is 11.5 Å². The number of carbonyl (C=O) groups excluding carboxylic acids is 2. The first-order chi connectivity index (χ1) is 15.9. The third-order valence-electron chi connectivity index (χ3n) is 4.64. The van der Waals surface area contributed by atoms with Gasteiger partial charge in [0, 0.05) is 23.9 Å². The maximum atomic E-state index is 12.8. The Morgan fingerprint density at radius 2 is 1.58 bits per heavy atom. The van der Waals surface area contributed by atoms with Gasteiger partial charge in [-0.2, -0.15) is 0 Å². The summed E-state index contributed by atoms with van der Waals surface area (Å²) in [6.45, 7) is 0.964. The van der Waals surface area contributed by atoms with Gasteiger partial charge in [-0.15, -0.1) is 11.3 Å². The summed E-state index contributed by atoms with van der Waals surface area (Å²) in [4.78, 5) is 24.6. The summed E-state index contributed by atoms with van der Waals surface area (Å²) >= 11 is 1.02. The molecule has 3 aromatic rings. The number of esters is 1. The van der Waals surface area contributed by atoms with Gasteiger partial charge in [-0.1, -0.05) is 0 Å². The van der Waals surface area contributed by atoms with E-state index in [0.717, 1.165) is 17.8 Å². The second-order valence-corrected chi connectivity index (χ2v) is 9.72. The fraction of sp³-hybridized carbons (Fsp3) is 0.182. The second-order valence-electron chi connectivity index (χ2n) is 6.95. The summed E-state index contributed by atoms with van der Waals surface area (Å²) in [6.07, 6.45) is 0.719. The number of ether oxygens (including phenoxy) is 3. The van der Waals surface area contributed by atoms with Gasteiger partial charge in [0.25, 0.3) is 15.9 Å². The molecule has 0 fully saturated rings. The Balaban J connectivity index is 1.43. The first-order valence-electron chi connectivity index (χ1n) is 9.88. The minimum Gasteiger partial charge on any atom is -0.490 e. The van der Waals surface area contributed by atoms with E-state index in [2.05, 4.69) is 14.8 Å². The van der Waals surface area contributed by atoms with Gasteiger partial charge in [-0.25, -0.2) is 13.2 Å². The van der Waals surface area contributed by atoms with Gasteiger partial charge in [0.05, 0.1) is 30.1 Å². The van der Waals surface area contributed by atoms with Gasteiger partial charge in [0.1, 0.15) is 4.88 Å². The molecular formula is C22H20N2O7S2. The SMILES string of the molecule is COC(=O)c1ccc(C(=O)Nc2ccc(NS(=O)(=O)c3ccc4c(c3)OCCCO4)cc2)s1. The quantitative estimate of drug-likeness (QED) is 0.507. The highest BCUT2D eigenvalue weighted by Crippen LogP contribution is 2.32. The average molecular weight is 489 g/mol. The molecule has 0 saturated heterocycles. The molecule has 172 valence electrons. The number of hydrogen-bond donors (Lipinski definition) is 2. The molecule has 1 aliphatic heterocycles. The minimum absolute atomic E-state index is 0.0447. The highest BCUT2D eigenvalue weighted by Gasteiger charge is 2.19. The van der Waals surface area contributed by atoms with E-state index in [1.54, 1.807) is 18.2 Å². The second kappa shape index (κ2) is 9.51. The number of thiophene rings is 1. The molecule has 33 heavy (non-hydrogen) atoms. The Morgan fingerprint density at radius 1 is 0.909 bits per heavy atom. The number of methoxy groups -OCH3 is 1. The van der Waals surface area contributed by atoms with Gasteiger partial charge in [0.15, 0.2) is 11.5 Å². The van der Waals surface area contributed by atoms with Gasteiger partial charge < -0.3 is 19.5 Å². The van der Waals surface area contributed by atoms with Gasteiger partial charge in [-0.3, -0.25) is 9.52 Å². The lowest BCUT2D eigenvalue weighted by Crippen LogP contribution is -2.13. The standard InChI is InChI=1S/C22H20N2O7S2/c1-29-22(26)20-10-9-19(32-20)21(25)23-14-3-5-15(6-4-14)24-33(27,28)16-7-8-17-18(13-16)31-12-2-11-30-17/h3-10,13,24H,2,11-12H2,1H3,(H,23,25). The number of fused-ring (bicyclic) bond motifs is 1. The molecule has 2 N–H and O–H groups in total. The lowest BCUT2D eigenvalue weighted by molar-refractivity contribution is 0.0606. The van der Waals surface area contributed by atoms with E-state index in [-0.39, 0.29) is 4.90 Å². The zero-order chi connectivity index (χ0) is 23.4. The van der Waals surface area contributed by atoms with E-state index in [4.69, 9.17) is 9.47 Å². The number of hydrogen-bond acceptors (Lipinski definition) is 8. The monoisotopic (exact) mass is 488 g/mol. The van der Waals surface area contributed by atoms with Crippen molar-refractivity contribution < 1.29 is 32.2 Å². The topological polar surface area (TPSA) is 120 Å². The van der Waals surface area contributed by atoms with Crippen LogP contribution in [0.25, 0.3) is 0 Å². The van der Waals surface area contributed by atoms with E-state index < -0.39 is 21.9 Å². The van der Waals surface area contributed by atoms with Crippen LogP contribution in [0.3, 0.4) is 0 Å². The van der Waals surface area contributed by atoms with Crippen molar-refractivity contribution in [2.24, 2.45) is 0 Å². The van der Waals surface area contributed by atoms with E-state index in [1.165, 1.54) is 43.5 Å². The van der Waals surface area contributed by atoms with Crippen LogP contribution in [0.1, 0.15) is 25.8 Å². The smallest absolute Gasteiger partial charge is 0.348 e. The Labute approximate surface area is 194 Å². The Morgan fingerprint density at radius 3 is 2.30 bits per heavy atom. The normalized spacial score (nSPS) is 13.0. The van der Waals surface area contributed by atoms with Crippen LogP contribution < -0.4 is 19.5 Å². The van der Waals surface area contributed by atoms with Crippen molar-refractivity contribution in [1.82, 2.24) is 0 Å². The Bertz CT molecular complexity index is 1280. The molecule has 0 bridgehead atoms. The lowest BCUT2D eigenvalue weighted by Gasteiger charge is -2.12. The molecule has 0 unspecified atom stereocenters. The highest BCUT2D eigenvalue weighted by atomic mass is 32.2. The molecule has 11 heteroatoms. The number of amides is 1. The van der Waals surface area contributed by atoms with Crippen LogP contribution in [0, 0.1) is 0 Å². The molecule has 0 spiro atoms. The number of benzene rings is 2. The third-order valence-corrected chi connectivity index (χ3v) is 7.08. The summed E-state index contributed by atoms with van der Waals surface area (Å²) in [5.74, 6) is -0.00620. The number of anilines is 2. The number of nitrogens with one attached hydrogen (secondary N) is 2. The summed E-state index contributed by atoms with van der Waals surface area (Å²) in [6, 6.07) is 13.7. The first-order valence-corrected chi connectivity index (χ1v) is 12.2. The molecular weight excluding hydrogens is 468 g/mol. The molecule has 0 aliphatic carbocycles. The predicted octanol–water partition coefficient (Wildman–Crippen LogP) is 3.75. The lowest BCUT2D eigenvalue weighted by atomic mass is 10.3. The van der Waals surface area contributed by atoms with Crippen LogP contribution in [-0.4, -0.2) is 40.6 Å². The zero-order valence-corrected chi connectivity index (χ0v) is 19.1. The third kappa shape index (κ3) is 5.26. The van der Waals surface area contributed by atoms with Crippen LogP contribution in [0.4, 0.5) is 11.4 Å². The molecule has 4 rings (SSSR count). The van der Waals surface area contributed by atoms with E-state index in [1.807, 2.05) is 0 Å². The summed E-state index contributed by atoms with van der Waals surface area (Å²) in [7, 11) is -2.59. The van der Waals surface area contributed by atoms with E-state index >= 15 is 0 Å². The summed E-state index contributed by atoms with van der Waals surface area (Å²) in [5, 5.41) is 2.70. The summed E-state index contributed by atoms with van der Waals surface area (Å²) < 4.78 is 43.8. The highest BCUT2D eigenvalue weighted by molar-refractivity contribution is 7.92. The van der Waals surface area contributed by atoms with Crippen molar-refractivity contribution in [2.45, 2.75) is 11.3 Å². The fourth-order valence-corrected chi connectivity index (χ4v) is 4.90. The van der Waals surface area contributed by atoms with Crippen molar-refractivity contribution in [2.75, 3.05) is 30.4 Å². The van der Waals surface area contributed by atoms with Crippen LogP contribution in [0.5, 0.6) is 11.5 Å². The van der Waals surface area contributed by atoms with Gasteiger partial charge in [-0.05, 0) is 48.5 Å². The van der Waals surface area contributed by atoms with Crippen LogP contribution in [0.15, 0.2) is 59.5 Å². The number of rotatable bonds is 6. The molecule has 0 radical (unpaired) electrons. The molecule has 1 aromatic heterocycles. The fourth-order valence-electron chi connectivity index (χ4n) is 3.01. The van der Waals surface area contributed by atoms with Crippen molar-refractivity contribution in [3.63, 3.8) is 0 Å². The van der Waals surface area contributed by atoms with Gasteiger partial charge >= 0.3 is 5.97 Å². The largest absolute Gasteiger partial charge is 0.490 e. The molecule has 1 aliphatic rings. The molecule has 1 amide bonds. The van der Waals surface area contributed by atoms with Crippen molar-refractivity contribution in [3.05, 3.63) is 64.4 Å². The van der Waals surface area contributed by atoms with Crippen molar-refractivity contribution in [1.29, 1.82) is 0 Å². The van der Waals surface area contributed by atoms with Crippen LogP contribution in [0.2, 0.25) is 0 Å². The molecule has 2 aromatic carbocycles. The maximum absolute atomic E-state index is 12.8. The molecule has 2 heterocycles. The predicted molar refractivity (Wildman–Crippen MR) is 123 cm³/mol. The molecule has 9 nitrogen and oxygen atoms in total. The van der Waals surface area contributed by atoms with Gasteiger partial charge in [0.2, 0.25) is 0 Å². The first kappa shape index (κ1) is 22.6. The van der Waals surface area contributed by atoms with E-state index in [0.29, 0.717) is 45.8 Å². The Hall–Kier alpha value is -3.57. The van der Waals surface area contributed by atoms with Crippen molar-refractivity contribution >= 4 is 44.6 Å². The average Bonchev–Trinajstić information content (AvgIpc) is 3.19. The summed E-state index contributed by atoms with van der Waals surface area (Å²) in [5.41, 5.74) is 0.788. The molecule has 0 atom stereocenters. The maximum Gasteiger partial charge on any atom is 0.348 e. The van der Waals surface area contributed by atoms with Crippen LogP contribution in [-0.2, 0) is 14.8 Å². The van der Waals surface area contributed by atoms with E-state index in [9.17, 15) is 18.0 Å². The number of carbonyl (C=O) groups is 2. The zero-order valence-electron chi connectivity index (χ0n) is 17.5. The Kier molecular flexibility index (Phi) is 6.52.